The van der Waals surface area contributed by atoms with Crippen LogP contribution in [-0.4, -0.2) is 150 Å². The quantitative estimate of drug-likeness (QED) is 0.0890. The van der Waals surface area contributed by atoms with Gasteiger partial charge in [-0.2, -0.15) is 0 Å². The van der Waals surface area contributed by atoms with E-state index in [4.69, 9.17) is 18.9 Å². The average Bonchev–Trinajstić information content (AvgIpc) is 4.18. The zero-order valence-corrected chi connectivity index (χ0v) is 44.1. The zero-order chi connectivity index (χ0) is 52.7. The third kappa shape index (κ3) is 12.6. The van der Waals surface area contributed by atoms with Gasteiger partial charge in [0.2, 0.25) is 17.7 Å². The summed E-state index contributed by atoms with van der Waals surface area (Å²) >= 11 is 0. The molecular weight excluding hydrogens is 963 g/mol. The van der Waals surface area contributed by atoms with Crippen molar-refractivity contribution in [1.82, 2.24) is 20.4 Å². The van der Waals surface area contributed by atoms with Crippen molar-refractivity contribution in [2.75, 3.05) is 75.1 Å². The molecule has 0 aromatic heterocycles. The number of ether oxygens (including phenoxy) is 4. The molecule has 5 amide bonds. The minimum atomic E-state index is -1.42. The van der Waals surface area contributed by atoms with Crippen LogP contribution in [0.25, 0.3) is 0 Å². The molecule has 0 saturated carbocycles. The van der Waals surface area contributed by atoms with Gasteiger partial charge in [0.15, 0.2) is 11.6 Å². The van der Waals surface area contributed by atoms with Crippen LogP contribution < -0.4 is 31.1 Å². The van der Waals surface area contributed by atoms with E-state index in [9.17, 15) is 29.1 Å². The maximum Gasteiger partial charge on any atom is 0.407 e. The predicted molar refractivity (Wildman–Crippen MR) is 275 cm³/mol. The zero-order valence-electron chi connectivity index (χ0n) is 43.1. The smallest absolute Gasteiger partial charge is 0.407 e. The number of carbonyl (C=O) groups excluding carboxylic acids is 5. The SMILES string of the molecule is COC(=O)N[C@H](C(=O)N1CCC[C@H]1C(=O)Nc1ccc([C@@H]2CC[C@@H](c3ccc(NC(=O)[C@@H]4CCCN4C(O)[C@@H](NC(=O)OC)[C@@H](C)OC)cc3)N2c2cc(F)c(N3CC[Si](C)(C)CC3)c(F)c2)cc1)[C@@H](C)OC. The number of halogens is 2. The molecule has 0 spiro atoms. The number of likely N-dealkylation sites (tertiary alicyclic amines) is 2. The number of methoxy groups -OCH3 is 4. The second-order valence-electron chi connectivity index (χ2n) is 20.3. The summed E-state index contributed by atoms with van der Waals surface area (Å²) in [6.45, 7) is 9.89. The number of anilines is 4. The Bertz CT molecular complexity index is 2410. The fraction of sp³-hybridized carbons (Fsp3) is 0.558. The lowest BCUT2D eigenvalue weighted by Gasteiger charge is -2.38. The van der Waals surface area contributed by atoms with Crippen LogP contribution in [-0.2, 0) is 33.3 Å². The summed E-state index contributed by atoms with van der Waals surface area (Å²) < 4.78 is 53.1. The molecule has 0 bridgehead atoms. The number of hydrogen-bond acceptors (Lipinski definition) is 13. The Balaban J connectivity index is 1.11. The van der Waals surface area contributed by atoms with E-state index in [0.717, 1.165) is 23.2 Å². The monoisotopic (exact) mass is 1030 g/mol. The molecule has 5 N–H and O–H groups in total. The van der Waals surface area contributed by atoms with Gasteiger partial charge in [-0.1, -0.05) is 37.4 Å². The molecule has 4 aliphatic heterocycles. The normalized spacial score (nSPS) is 23.0. The van der Waals surface area contributed by atoms with Gasteiger partial charge in [0.1, 0.15) is 24.0 Å². The first-order chi connectivity index (χ1) is 34.9. The van der Waals surface area contributed by atoms with Crippen molar-refractivity contribution in [2.45, 2.75) is 132 Å². The number of benzene rings is 3. The van der Waals surface area contributed by atoms with Gasteiger partial charge in [0.05, 0.1) is 58.7 Å². The Morgan fingerprint density at radius 1 is 0.671 bits per heavy atom. The summed E-state index contributed by atoms with van der Waals surface area (Å²) in [4.78, 5) is 72.6. The van der Waals surface area contributed by atoms with Crippen LogP contribution in [0.1, 0.15) is 75.6 Å². The highest BCUT2D eigenvalue weighted by molar-refractivity contribution is 6.77. The fourth-order valence-corrected chi connectivity index (χ4v) is 12.7. The van der Waals surface area contributed by atoms with E-state index in [2.05, 4.69) is 34.4 Å². The van der Waals surface area contributed by atoms with Gasteiger partial charge in [-0.25, -0.2) is 18.4 Å². The van der Waals surface area contributed by atoms with Crippen molar-refractivity contribution in [3.05, 3.63) is 83.4 Å². The van der Waals surface area contributed by atoms with Crippen LogP contribution in [0.5, 0.6) is 0 Å². The van der Waals surface area contributed by atoms with Crippen molar-refractivity contribution >= 4 is 60.7 Å². The number of aliphatic hydroxyl groups excluding tert-OH is 1. The standard InChI is InChI=1S/C52H72F2N8O10Si/c1-31(69-3)44(57-51(67)71-5)49(65)60-23-9-11-42(60)47(63)55-35-17-13-33(14-18-35)40-21-22-41(62(40)37-29-38(53)46(39(54)30-37)59-25-27-73(7,8)28-26-59)34-15-19-36(20-16-34)56-48(64)43-12-10-24-61(43)50(66)45(32(2)70-4)58-52(68)72-6/h13-20,29-32,40-45,49,65H,9-12,21-28H2,1-8H3,(H,55,63)(H,56,64)(H,57,67)(H,58,68)/t31-,32-,40+,41+,42+,43+,44+,45+,49?/m1/s1. The molecule has 18 nitrogen and oxygen atoms in total. The van der Waals surface area contributed by atoms with Crippen LogP contribution >= 0.6 is 0 Å². The number of nitrogens with zero attached hydrogens (tertiary/aromatic N) is 4. The van der Waals surface area contributed by atoms with Gasteiger partial charge >= 0.3 is 12.2 Å². The molecule has 73 heavy (non-hydrogen) atoms. The first kappa shape index (κ1) is 54.9. The number of alkyl carbamates (subject to hydrolysis) is 2. The van der Waals surface area contributed by atoms with E-state index in [1.165, 1.54) is 45.5 Å². The molecule has 7 rings (SSSR count). The Morgan fingerprint density at radius 2 is 1.16 bits per heavy atom. The third-order valence-electron chi connectivity index (χ3n) is 15.3. The molecule has 9 atom stereocenters. The van der Waals surface area contributed by atoms with Crippen molar-refractivity contribution in [2.24, 2.45) is 0 Å². The number of aliphatic hydroxyl groups is 1. The molecule has 4 saturated heterocycles. The Kier molecular flexibility index (Phi) is 18.0. The Hall–Kier alpha value is -5.87. The molecule has 4 heterocycles. The first-order valence-electron chi connectivity index (χ1n) is 25.2. The third-order valence-corrected chi connectivity index (χ3v) is 18.4. The van der Waals surface area contributed by atoms with Crippen LogP contribution in [0.15, 0.2) is 60.7 Å². The molecule has 4 fully saturated rings. The first-order valence-corrected chi connectivity index (χ1v) is 28.6. The number of nitrogens with one attached hydrogen (secondary N) is 4. The van der Waals surface area contributed by atoms with E-state index >= 15 is 8.78 Å². The van der Waals surface area contributed by atoms with Gasteiger partial charge in [0, 0.05) is 57.5 Å². The van der Waals surface area contributed by atoms with Gasteiger partial charge in [0.25, 0.3) is 0 Å². The van der Waals surface area contributed by atoms with E-state index in [1.54, 1.807) is 43.0 Å². The predicted octanol–water partition coefficient (Wildman–Crippen LogP) is 6.75. The second kappa shape index (κ2) is 24.0. The largest absolute Gasteiger partial charge is 0.453 e. The van der Waals surface area contributed by atoms with Crippen molar-refractivity contribution in [1.29, 1.82) is 0 Å². The van der Waals surface area contributed by atoms with Crippen molar-refractivity contribution in [3.63, 3.8) is 0 Å². The molecule has 1 unspecified atom stereocenters. The van der Waals surface area contributed by atoms with E-state index in [1.807, 2.05) is 34.1 Å². The molecule has 398 valence electrons. The molecule has 3 aromatic rings. The number of hydrogen-bond donors (Lipinski definition) is 5. The van der Waals surface area contributed by atoms with Gasteiger partial charge in [-0.05, 0) is 112 Å². The van der Waals surface area contributed by atoms with E-state index < -0.39 is 80.4 Å². The highest BCUT2D eigenvalue weighted by Crippen LogP contribution is 2.48. The van der Waals surface area contributed by atoms with Crippen LogP contribution in [0.3, 0.4) is 0 Å². The number of carbonyl (C=O) groups is 5. The van der Waals surface area contributed by atoms with Crippen LogP contribution in [0.2, 0.25) is 25.2 Å². The van der Waals surface area contributed by atoms with Crippen molar-refractivity contribution < 1.29 is 56.8 Å². The summed E-state index contributed by atoms with van der Waals surface area (Å²) in [5, 5.41) is 22.5. The highest BCUT2D eigenvalue weighted by atomic mass is 28.3. The number of rotatable bonds is 17. The van der Waals surface area contributed by atoms with Crippen LogP contribution in [0.4, 0.5) is 41.1 Å². The molecule has 21 heteroatoms. The molecule has 4 aliphatic rings. The maximum absolute atomic E-state index is 16.4. The summed E-state index contributed by atoms with van der Waals surface area (Å²) in [6.07, 6.45) is -0.681. The number of amides is 5. The lowest BCUT2D eigenvalue weighted by atomic mass is 10.0. The highest BCUT2D eigenvalue weighted by Gasteiger charge is 2.43. The molecule has 3 aromatic carbocycles. The molecular formula is C52H72F2N8O10Si. The summed E-state index contributed by atoms with van der Waals surface area (Å²) in [6, 6.07) is 15.3. The Morgan fingerprint density at radius 3 is 1.68 bits per heavy atom. The lowest BCUT2D eigenvalue weighted by molar-refractivity contribution is -0.141. The average molecular weight is 1040 g/mol. The van der Waals surface area contributed by atoms with E-state index in [0.29, 0.717) is 81.8 Å². The summed E-state index contributed by atoms with van der Waals surface area (Å²) in [5.41, 5.74) is 3.10. The van der Waals surface area contributed by atoms with Crippen molar-refractivity contribution in [3.8, 4) is 0 Å². The van der Waals surface area contributed by atoms with E-state index in [-0.39, 0.29) is 29.6 Å². The molecule has 0 radical (unpaired) electrons. The minimum Gasteiger partial charge on any atom is -0.453 e. The minimum absolute atomic E-state index is 0.0106. The van der Waals surface area contributed by atoms with Gasteiger partial charge < -0.3 is 60.0 Å². The second-order valence-corrected chi connectivity index (χ2v) is 25.6. The summed E-state index contributed by atoms with van der Waals surface area (Å²) in [7, 11) is 3.89. The van der Waals surface area contributed by atoms with Gasteiger partial charge in [-0.15, -0.1) is 0 Å². The summed E-state index contributed by atoms with van der Waals surface area (Å²) in [5.74, 6) is -2.43. The topological polar surface area (TPSA) is 204 Å². The van der Waals surface area contributed by atoms with Gasteiger partial charge in [-0.3, -0.25) is 19.3 Å². The molecule has 0 aliphatic carbocycles. The fourth-order valence-electron chi connectivity index (χ4n) is 10.7. The van der Waals surface area contributed by atoms with Crippen LogP contribution in [0, 0.1) is 11.6 Å². The lowest BCUT2D eigenvalue weighted by Crippen LogP contribution is -2.59. The maximum atomic E-state index is 16.4. The Labute approximate surface area is 427 Å².